The predicted octanol–water partition coefficient (Wildman–Crippen LogP) is 5.46. The summed E-state index contributed by atoms with van der Waals surface area (Å²) in [7, 11) is 2.84. The van der Waals surface area contributed by atoms with Gasteiger partial charge in [-0.15, -0.1) is 0 Å². The van der Waals surface area contributed by atoms with E-state index < -0.39 is 23.8 Å². The van der Waals surface area contributed by atoms with Crippen molar-refractivity contribution >= 4 is 28.6 Å². The lowest BCUT2D eigenvalue weighted by Gasteiger charge is -2.27. The molecule has 0 spiro atoms. The fourth-order valence-electron chi connectivity index (χ4n) is 5.18. The maximum atomic E-state index is 13.5. The van der Waals surface area contributed by atoms with Crippen molar-refractivity contribution in [1.29, 1.82) is 0 Å². The second-order valence-electron chi connectivity index (χ2n) is 9.31. The first-order chi connectivity index (χ1) is 17.5. The summed E-state index contributed by atoms with van der Waals surface area (Å²) in [6.45, 7) is 0. The Labute approximate surface area is 209 Å². The standard InChI is InChI=1S/C29H29NO6/c1-34-26-16-20(12-13-25(26)36-21-10-4-3-5-11-21)24(17-27(31)35-2)30-28(32)22-14-18-8-6-7-9-19(18)15-23(22)29(30)33/h6-9,12-16,21,24H,3-5,10-11,17H2,1-2H3. The fraction of sp³-hybridized carbons (Fsp3) is 0.345. The molecule has 1 saturated carbocycles. The molecule has 1 aliphatic heterocycles. The molecule has 0 N–H and O–H groups in total. The third-order valence-electron chi connectivity index (χ3n) is 7.10. The van der Waals surface area contributed by atoms with E-state index in [2.05, 4.69) is 0 Å². The van der Waals surface area contributed by atoms with Gasteiger partial charge in [-0.25, -0.2) is 0 Å². The van der Waals surface area contributed by atoms with Gasteiger partial charge < -0.3 is 14.2 Å². The summed E-state index contributed by atoms with van der Waals surface area (Å²) in [5.41, 5.74) is 1.25. The number of rotatable bonds is 7. The summed E-state index contributed by atoms with van der Waals surface area (Å²) < 4.78 is 16.7. The van der Waals surface area contributed by atoms with Crippen LogP contribution in [0.4, 0.5) is 0 Å². The van der Waals surface area contributed by atoms with Crippen molar-refractivity contribution in [2.75, 3.05) is 14.2 Å². The molecule has 36 heavy (non-hydrogen) atoms. The van der Waals surface area contributed by atoms with E-state index in [9.17, 15) is 14.4 Å². The Morgan fingerprint density at radius 1 is 0.889 bits per heavy atom. The van der Waals surface area contributed by atoms with Gasteiger partial charge in [0.1, 0.15) is 0 Å². The van der Waals surface area contributed by atoms with E-state index in [1.54, 1.807) is 37.4 Å². The quantitative estimate of drug-likeness (QED) is 0.325. The lowest BCUT2D eigenvalue weighted by atomic mass is 9.97. The number of hydrogen-bond acceptors (Lipinski definition) is 6. The van der Waals surface area contributed by atoms with E-state index in [0.717, 1.165) is 41.4 Å². The number of esters is 1. The molecule has 1 fully saturated rings. The zero-order valence-corrected chi connectivity index (χ0v) is 20.5. The monoisotopic (exact) mass is 487 g/mol. The van der Waals surface area contributed by atoms with Crippen LogP contribution in [0.5, 0.6) is 11.5 Å². The zero-order valence-electron chi connectivity index (χ0n) is 20.5. The van der Waals surface area contributed by atoms with Crippen LogP contribution in [0.15, 0.2) is 54.6 Å². The number of carbonyl (C=O) groups is 3. The topological polar surface area (TPSA) is 82.1 Å². The van der Waals surface area contributed by atoms with Gasteiger partial charge in [0.25, 0.3) is 11.8 Å². The van der Waals surface area contributed by atoms with E-state index >= 15 is 0 Å². The molecule has 3 aromatic rings. The SMILES string of the molecule is COC(=O)CC(c1ccc(OC2CCCCC2)c(OC)c1)N1C(=O)c2cc3ccccc3cc2C1=O. The van der Waals surface area contributed by atoms with Gasteiger partial charge in [0.15, 0.2) is 11.5 Å². The van der Waals surface area contributed by atoms with Crippen molar-refractivity contribution in [3.63, 3.8) is 0 Å². The summed E-state index contributed by atoms with van der Waals surface area (Å²) in [6.07, 6.45) is 5.46. The Morgan fingerprint density at radius 3 is 2.11 bits per heavy atom. The molecule has 0 saturated heterocycles. The zero-order chi connectivity index (χ0) is 25.2. The fourth-order valence-corrected chi connectivity index (χ4v) is 5.18. The molecule has 2 amide bonds. The molecule has 3 aromatic carbocycles. The number of amides is 2. The molecule has 0 radical (unpaired) electrons. The first kappa shape index (κ1) is 23.9. The number of benzene rings is 3. The van der Waals surface area contributed by atoms with E-state index in [1.807, 2.05) is 24.3 Å². The van der Waals surface area contributed by atoms with Gasteiger partial charge in [0.05, 0.1) is 43.9 Å². The Morgan fingerprint density at radius 2 is 1.53 bits per heavy atom. The smallest absolute Gasteiger partial charge is 0.307 e. The summed E-state index contributed by atoms with van der Waals surface area (Å²) in [5.74, 6) is -0.288. The second kappa shape index (κ2) is 10.0. The highest BCUT2D eigenvalue weighted by Gasteiger charge is 2.42. The Hall–Kier alpha value is -3.87. The first-order valence-electron chi connectivity index (χ1n) is 12.3. The summed E-state index contributed by atoms with van der Waals surface area (Å²) in [6, 6.07) is 15.5. The van der Waals surface area contributed by atoms with Gasteiger partial charge in [-0.3, -0.25) is 19.3 Å². The van der Waals surface area contributed by atoms with E-state index in [1.165, 1.54) is 13.5 Å². The average molecular weight is 488 g/mol. The van der Waals surface area contributed by atoms with Crippen LogP contribution < -0.4 is 9.47 Å². The Bertz CT molecular complexity index is 1270. The molecule has 1 atom stereocenters. The Balaban J connectivity index is 1.51. The molecule has 186 valence electrons. The van der Waals surface area contributed by atoms with Crippen LogP contribution in [0.1, 0.15) is 70.8 Å². The van der Waals surface area contributed by atoms with Crippen LogP contribution in [-0.4, -0.2) is 43.0 Å². The summed E-state index contributed by atoms with van der Waals surface area (Å²) in [4.78, 5) is 40.6. The van der Waals surface area contributed by atoms with Crippen LogP contribution in [0.2, 0.25) is 0 Å². The molecule has 2 aliphatic rings. The maximum Gasteiger partial charge on any atom is 0.307 e. The van der Waals surface area contributed by atoms with Gasteiger partial charge in [-0.1, -0.05) is 36.8 Å². The minimum absolute atomic E-state index is 0.134. The third kappa shape index (κ3) is 4.41. The minimum Gasteiger partial charge on any atom is -0.493 e. The van der Waals surface area contributed by atoms with Crippen LogP contribution in [0.3, 0.4) is 0 Å². The number of ether oxygens (including phenoxy) is 3. The van der Waals surface area contributed by atoms with Gasteiger partial charge in [-0.05, 0) is 66.3 Å². The van der Waals surface area contributed by atoms with Gasteiger partial charge in [-0.2, -0.15) is 0 Å². The number of nitrogens with zero attached hydrogens (tertiary/aromatic N) is 1. The van der Waals surface area contributed by atoms with Gasteiger partial charge in [0, 0.05) is 0 Å². The van der Waals surface area contributed by atoms with E-state index in [-0.39, 0.29) is 12.5 Å². The highest BCUT2D eigenvalue weighted by atomic mass is 16.5. The molecule has 1 aliphatic carbocycles. The molecular formula is C29H29NO6. The van der Waals surface area contributed by atoms with Gasteiger partial charge in [0.2, 0.25) is 0 Å². The summed E-state index contributed by atoms with van der Waals surface area (Å²) in [5, 5.41) is 1.74. The molecule has 1 heterocycles. The lowest BCUT2D eigenvalue weighted by molar-refractivity contribution is -0.141. The Kier molecular flexibility index (Phi) is 6.63. The maximum absolute atomic E-state index is 13.5. The van der Waals surface area contributed by atoms with Crippen molar-refractivity contribution in [3.05, 3.63) is 71.3 Å². The highest BCUT2D eigenvalue weighted by molar-refractivity contribution is 6.23. The van der Waals surface area contributed by atoms with E-state index in [0.29, 0.717) is 28.2 Å². The van der Waals surface area contributed by atoms with E-state index in [4.69, 9.17) is 14.2 Å². The van der Waals surface area contributed by atoms with Crippen LogP contribution in [0.25, 0.3) is 10.8 Å². The predicted molar refractivity (Wildman–Crippen MR) is 134 cm³/mol. The average Bonchev–Trinajstić information content (AvgIpc) is 3.15. The number of methoxy groups -OCH3 is 2. The van der Waals surface area contributed by atoms with Crippen molar-refractivity contribution in [2.45, 2.75) is 50.7 Å². The largest absolute Gasteiger partial charge is 0.493 e. The first-order valence-corrected chi connectivity index (χ1v) is 12.3. The second-order valence-corrected chi connectivity index (χ2v) is 9.31. The van der Waals surface area contributed by atoms with Gasteiger partial charge >= 0.3 is 5.97 Å². The highest BCUT2D eigenvalue weighted by Crippen LogP contribution is 2.39. The molecule has 0 bridgehead atoms. The summed E-state index contributed by atoms with van der Waals surface area (Å²) >= 11 is 0. The van der Waals surface area contributed by atoms with Crippen molar-refractivity contribution in [3.8, 4) is 11.5 Å². The number of imide groups is 1. The van der Waals surface area contributed by atoms with Crippen molar-refractivity contribution in [2.24, 2.45) is 0 Å². The molecular weight excluding hydrogens is 458 g/mol. The molecule has 7 heteroatoms. The number of hydrogen-bond donors (Lipinski definition) is 0. The minimum atomic E-state index is -0.856. The van der Waals surface area contributed by atoms with Crippen LogP contribution in [-0.2, 0) is 9.53 Å². The molecule has 0 aromatic heterocycles. The van der Waals surface area contributed by atoms with Crippen molar-refractivity contribution < 1.29 is 28.6 Å². The number of carbonyl (C=O) groups excluding carboxylic acids is 3. The third-order valence-corrected chi connectivity index (χ3v) is 7.10. The normalized spacial score (nSPS) is 16.7. The lowest BCUT2D eigenvalue weighted by Crippen LogP contribution is -2.35. The molecule has 1 unspecified atom stereocenters. The van der Waals surface area contributed by atoms with Crippen molar-refractivity contribution in [1.82, 2.24) is 4.90 Å². The number of fused-ring (bicyclic) bond motifs is 2. The van der Waals surface area contributed by atoms with Crippen LogP contribution in [0, 0.1) is 0 Å². The molecule has 7 nitrogen and oxygen atoms in total. The van der Waals surface area contributed by atoms with Crippen LogP contribution >= 0.6 is 0 Å². The molecule has 5 rings (SSSR count).